The number of carbonyl (C=O) groups excluding carboxylic acids is 1. The number of hydrogen-bond donors (Lipinski definition) is 1. The van der Waals surface area contributed by atoms with Crippen molar-refractivity contribution in [2.45, 2.75) is 0 Å². The second kappa shape index (κ2) is 4.68. The first-order chi connectivity index (χ1) is 9.15. The number of aromatic nitrogens is 2. The Balaban J connectivity index is 2.15. The van der Waals surface area contributed by atoms with Crippen LogP contribution >= 0.6 is 23.2 Å². The summed E-state index contributed by atoms with van der Waals surface area (Å²) in [4.78, 5) is 13.5. The van der Waals surface area contributed by atoms with Crippen LogP contribution in [-0.2, 0) is 4.79 Å². The van der Waals surface area contributed by atoms with Crippen molar-refractivity contribution in [2.75, 3.05) is 16.8 Å². The SMILES string of the molecule is O=C1CN(c2cc(Cl)nnc2Cl)c2ccccc2N1. The van der Waals surface area contributed by atoms with E-state index in [1.54, 1.807) is 11.0 Å². The molecular weight excluding hydrogens is 287 g/mol. The second-order valence-electron chi connectivity index (χ2n) is 3.99. The van der Waals surface area contributed by atoms with E-state index in [2.05, 4.69) is 15.5 Å². The molecule has 2 aromatic rings. The standard InChI is InChI=1S/C12H8Cl2N4O/c13-10-5-9(12(14)17-16-10)18-6-11(19)15-7-3-1-2-4-8(7)18/h1-5H,6H2,(H,15,19). The van der Waals surface area contributed by atoms with E-state index >= 15 is 0 Å². The second-order valence-corrected chi connectivity index (χ2v) is 4.74. The molecule has 1 aliphatic heterocycles. The summed E-state index contributed by atoms with van der Waals surface area (Å²) in [5.74, 6) is -0.122. The van der Waals surface area contributed by atoms with Gasteiger partial charge in [-0.3, -0.25) is 4.79 Å². The minimum atomic E-state index is -0.122. The van der Waals surface area contributed by atoms with E-state index in [1.807, 2.05) is 24.3 Å². The molecule has 0 unspecified atom stereocenters. The normalized spacial score (nSPS) is 14.0. The molecule has 0 bridgehead atoms. The molecule has 0 atom stereocenters. The molecule has 0 saturated carbocycles. The van der Waals surface area contributed by atoms with Gasteiger partial charge >= 0.3 is 0 Å². The lowest BCUT2D eigenvalue weighted by Gasteiger charge is -2.30. The fourth-order valence-corrected chi connectivity index (χ4v) is 2.32. The Kier molecular flexibility index (Phi) is 3.00. The number of para-hydroxylation sites is 2. The van der Waals surface area contributed by atoms with Crippen LogP contribution in [0.15, 0.2) is 30.3 Å². The van der Waals surface area contributed by atoms with Crippen molar-refractivity contribution in [3.05, 3.63) is 40.6 Å². The number of hydrogen-bond acceptors (Lipinski definition) is 4. The zero-order valence-electron chi connectivity index (χ0n) is 9.60. The number of halogens is 2. The molecule has 96 valence electrons. The Morgan fingerprint density at radius 2 is 1.95 bits per heavy atom. The Bertz CT molecular complexity index is 662. The van der Waals surface area contributed by atoms with E-state index < -0.39 is 0 Å². The molecule has 1 aromatic carbocycles. The number of nitrogens with one attached hydrogen (secondary N) is 1. The summed E-state index contributed by atoms with van der Waals surface area (Å²) in [5, 5.41) is 10.7. The van der Waals surface area contributed by atoms with Gasteiger partial charge in [-0.05, 0) is 12.1 Å². The van der Waals surface area contributed by atoms with Crippen molar-refractivity contribution >= 4 is 46.2 Å². The van der Waals surface area contributed by atoms with Gasteiger partial charge in [-0.1, -0.05) is 35.3 Å². The number of nitrogens with zero attached hydrogens (tertiary/aromatic N) is 3. The molecule has 3 rings (SSSR count). The fraction of sp³-hybridized carbons (Fsp3) is 0.0833. The zero-order valence-corrected chi connectivity index (χ0v) is 11.1. The number of rotatable bonds is 1. The number of amides is 1. The summed E-state index contributed by atoms with van der Waals surface area (Å²) in [6.07, 6.45) is 0. The summed E-state index contributed by atoms with van der Waals surface area (Å²) in [6, 6.07) is 9.03. The number of benzene rings is 1. The van der Waals surface area contributed by atoms with Crippen LogP contribution in [0.25, 0.3) is 0 Å². The van der Waals surface area contributed by atoms with Crippen molar-refractivity contribution in [3.8, 4) is 0 Å². The fourth-order valence-electron chi connectivity index (χ4n) is 1.98. The Hall–Kier alpha value is -1.85. The van der Waals surface area contributed by atoms with Gasteiger partial charge in [-0.2, -0.15) is 0 Å². The first-order valence-corrected chi connectivity index (χ1v) is 6.26. The van der Waals surface area contributed by atoms with Crippen LogP contribution in [0, 0.1) is 0 Å². The van der Waals surface area contributed by atoms with Crippen molar-refractivity contribution in [1.29, 1.82) is 0 Å². The molecular formula is C12H8Cl2N4O. The summed E-state index contributed by atoms with van der Waals surface area (Å²) in [6.45, 7) is 0.152. The Morgan fingerprint density at radius 3 is 2.79 bits per heavy atom. The zero-order chi connectivity index (χ0) is 13.4. The highest BCUT2D eigenvalue weighted by Crippen LogP contribution is 2.37. The number of fused-ring (bicyclic) bond motifs is 1. The van der Waals surface area contributed by atoms with Crippen LogP contribution in [0.2, 0.25) is 10.3 Å². The smallest absolute Gasteiger partial charge is 0.244 e. The highest BCUT2D eigenvalue weighted by Gasteiger charge is 2.25. The van der Waals surface area contributed by atoms with Gasteiger partial charge in [0.15, 0.2) is 10.3 Å². The van der Waals surface area contributed by atoms with Gasteiger partial charge in [0, 0.05) is 6.07 Å². The topological polar surface area (TPSA) is 58.1 Å². The minimum absolute atomic E-state index is 0.122. The monoisotopic (exact) mass is 294 g/mol. The minimum Gasteiger partial charge on any atom is -0.328 e. The molecule has 0 radical (unpaired) electrons. The average molecular weight is 295 g/mol. The summed E-state index contributed by atoms with van der Waals surface area (Å²) in [5.41, 5.74) is 2.12. The predicted octanol–water partition coefficient (Wildman–Crippen LogP) is 2.87. The van der Waals surface area contributed by atoms with Gasteiger partial charge in [-0.15, -0.1) is 10.2 Å². The lowest BCUT2D eigenvalue weighted by Crippen LogP contribution is -2.35. The van der Waals surface area contributed by atoms with E-state index in [9.17, 15) is 4.79 Å². The molecule has 0 saturated heterocycles. The molecule has 1 N–H and O–H groups in total. The van der Waals surface area contributed by atoms with Crippen molar-refractivity contribution in [1.82, 2.24) is 10.2 Å². The van der Waals surface area contributed by atoms with Gasteiger partial charge in [0.2, 0.25) is 5.91 Å². The third-order valence-corrected chi connectivity index (χ3v) is 3.22. The van der Waals surface area contributed by atoms with E-state index in [0.29, 0.717) is 5.69 Å². The third-order valence-electron chi connectivity index (χ3n) is 2.76. The maximum Gasteiger partial charge on any atom is 0.244 e. The Morgan fingerprint density at radius 1 is 1.16 bits per heavy atom. The molecule has 0 aliphatic carbocycles. The van der Waals surface area contributed by atoms with E-state index in [4.69, 9.17) is 23.2 Å². The van der Waals surface area contributed by atoms with Crippen LogP contribution in [0.3, 0.4) is 0 Å². The maximum absolute atomic E-state index is 11.7. The van der Waals surface area contributed by atoms with E-state index in [1.165, 1.54) is 0 Å². The molecule has 5 nitrogen and oxygen atoms in total. The van der Waals surface area contributed by atoms with Crippen LogP contribution < -0.4 is 10.2 Å². The van der Waals surface area contributed by atoms with Gasteiger partial charge in [-0.25, -0.2) is 0 Å². The Labute approximate surface area is 119 Å². The van der Waals surface area contributed by atoms with Crippen LogP contribution in [-0.4, -0.2) is 22.6 Å². The van der Waals surface area contributed by atoms with Crippen molar-refractivity contribution < 1.29 is 4.79 Å². The third kappa shape index (κ3) is 2.22. The van der Waals surface area contributed by atoms with Crippen LogP contribution in [0.4, 0.5) is 17.1 Å². The van der Waals surface area contributed by atoms with Gasteiger partial charge in [0.25, 0.3) is 0 Å². The van der Waals surface area contributed by atoms with Crippen molar-refractivity contribution in [3.63, 3.8) is 0 Å². The quantitative estimate of drug-likeness (QED) is 0.879. The molecule has 7 heteroatoms. The first-order valence-electron chi connectivity index (χ1n) is 5.50. The molecule has 1 aliphatic rings. The van der Waals surface area contributed by atoms with E-state index in [0.717, 1.165) is 11.4 Å². The van der Waals surface area contributed by atoms with Crippen molar-refractivity contribution in [2.24, 2.45) is 0 Å². The highest BCUT2D eigenvalue weighted by atomic mass is 35.5. The predicted molar refractivity (Wildman–Crippen MR) is 74.1 cm³/mol. The maximum atomic E-state index is 11.7. The van der Waals surface area contributed by atoms with Gasteiger partial charge in [0.05, 0.1) is 17.1 Å². The molecule has 0 spiro atoms. The lowest BCUT2D eigenvalue weighted by molar-refractivity contribution is -0.115. The molecule has 2 heterocycles. The van der Waals surface area contributed by atoms with Gasteiger partial charge in [0.1, 0.15) is 6.54 Å². The summed E-state index contributed by atoms with van der Waals surface area (Å²) < 4.78 is 0. The summed E-state index contributed by atoms with van der Waals surface area (Å²) >= 11 is 11.9. The van der Waals surface area contributed by atoms with Gasteiger partial charge < -0.3 is 10.2 Å². The largest absolute Gasteiger partial charge is 0.328 e. The number of anilines is 3. The van der Waals surface area contributed by atoms with Crippen LogP contribution in [0.1, 0.15) is 0 Å². The molecule has 19 heavy (non-hydrogen) atoms. The molecule has 1 amide bonds. The highest BCUT2D eigenvalue weighted by molar-refractivity contribution is 6.33. The molecule has 0 fully saturated rings. The first kappa shape index (κ1) is 12.2. The summed E-state index contributed by atoms with van der Waals surface area (Å²) in [7, 11) is 0. The number of carbonyl (C=O) groups is 1. The average Bonchev–Trinajstić information content (AvgIpc) is 2.40. The molecule has 1 aromatic heterocycles. The van der Waals surface area contributed by atoms with Crippen LogP contribution in [0.5, 0.6) is 0 Å². The lowest BCUT2D eigenvalue weighted by atomic mass is 10.2. The van der Waals surface area contributed by atoms with E-state index in [-0.39, 0.29) is 22.8 Å².